The number of benzene rings is 7. The fourth-order valence-corrected chi connectivity index (χ4v) is 8.40. The zero-order valence-electron chi connectivity index (χ0n) is 54.7. The molecule has 0 amide bonds. The average molecular weight is 1060 g/mol. The summed E-state index contributed by atoms with van der Waals surface area (Å²) >= 11 is 0. The van der Waals surface area contributed by atoms with Crippen molar-refractivity contribution in [3.63, 3.8) is 0 Å². The molecule has 4 nitrogen and oxygen atoms in total. The fourth-order valence-electron chi connectivity index (χ4n) is 8.40. The number of aryl methyl sites for hydroxylation is 1. The topological polar surface area (TPSA) is 50.9 Å². The largest absolute Gasteiger partial charge is 0.507 e. The molecule has 334 valence electrons. The molecular weight excluding hydrogens is 986 g/mol. The minimum absolute atomic E-state index is 0. The van der Waals surface area contributed by atoms with E-state index >= 15 is 0 Å². The second-order valence-electron chi connectivity index (χ2n) is 17.6. The number of fused-ring (bicyclic) bond motifs is 1. The van der Waals surface area contributed by atoms with Gasteiger partial charge in [0, 0.05) is 68.8 Å². The molecule has 0 atom stereocenters. The van der Waals surface area contributed by atoms with Crippen LogP contribution in [0, 0.1) is 13.0 Å². The molecule has 0 aliphatic rings. The minimum Gasteiger partial charge on any atom is -0.507 e. The third kappa shape index (κ3) is 9.09. The predicted octanol–water partition coefficient (Wildman–Crippen LogP) is 16.1. The van der Waals surface area contributed by atoms with Gasteiger partial charge >= 0.3 is 0 Å². The number of aromatic nitrogens is 3. The summed E-state index contributed by atoms with van der Waals surface area (Å²) in [7, 11) is 0. The molecule has 5 heteroatoms. The summed E-state index contributed by atoms with van der Waals surface area (Å²) in [6, 6.07) is 48.0. The van der Waals surface area contributed by atoms with Crippen molar-refractivity contribution in [1.82, 2.24) is 14.5 Å². The van der Waals surface area contributed by atoms with E-state index < -0.39 is 62.9 Å². The van der Waals surface area contributed by atoms with E-state index in [0.29, 0.717) is 66.9 Å². The van der Waals surface area contributed by atoms with Crippen molar-refractivity contribution in [2.24, 2.45) is 0 Å². The molecule has 7 aromatic carbocycles. The molecule has 2 aromatic heterocycles. The third-order valence-electron chi connectivity index (χ3n) is 11.7. The maximum Gasteiger partial charge on any atom is 0.148 e. The molecule has 0 aliphatic heterocycles. The number of aromatic hydroxyl groups is 1. The minimum atomic E-state index is -3.55. The molecule has 0 unspecified atom stereocenters. The van der Waals surface area contributed by atoms with Gasteiger partial charge in [0.15, 0.2) is 0 Å². The second kappa shape index (κ2) is 17.8. The molecular formula is C61H58N3OPt-. The SMILES string of the molecule is [2H]C([2H])([2H])C(c1ccc(-c2ccnc(-c3[c-]c(-c4cccc5c4nc(-c4cc(C)cc(C(C)(C)C)c4O)n5-c4ccc(C(C([2H])([2H])[2H])(C([2H])([2H])[2H])C([2H])([2H])[2H])cc4-c4ccccc4)cc(-c4ccccc4)c3)c2)cc1)(C([2H])([2H])[2H])C([2H])([2H])[2H].[Pt]. The number of imidazole rings is 1. The van der Waals surface area contributed by atoms with E-state index in [0.717, 1.165) is 16.7 Å². The van der Waals surface area contributed by atoms with Gasteiger partial charge in [-0.05, 0) is 92.4 Å². The molecule has 0 fully saturated rings. The molecule has 9 rings (SSSR count). The summed E-state index contributed by atoms with van der Waals surface area (Å²) in [5.41, 5.74) is 0.627. The Morgan fingerprint density at radius 3 is 1.86 bits per heavy atom. The molecule has 0 bridgehead atoms. The van der Waals surface area contributed by atoms with Crippen molar-refractivity contribution in [3.8, 4) is 78.6 Å². The number of hydrogen-bond acceptors (Lipinski definition) is 3. The van der Waals surface area contributed by atoms with Gasteiger partial charge < -0.3 is 5.11 Å². The Kier molecular flexibility index (Phi) is 7.72. The van der Waals surface area contributed by atoms with Crippen molar-refractivity contribution >= 4 is 11.0 Å². The molecule has 0 spiro atoms. The zero-order chi connectivity index (χ0) is 60.8. The van der Waals surface area contributed by atoms with Crippen molar-refractivity contribution < 1.29 is 50.8 Å². The van der Waals surface area contributed by atoms with E-state index in [1.54, 1.807) is 59.3 Å². The van der Waals surface area contributed by atoms with Gasteiger partial charge in [-0.15, -0.1) is 23.8 Å². The van der Waals surface area contributed by atoms with Gasteiger partial charge in [0.25, 0.3) is 0 Å². The maximum absolute atomic E-state index is 12.4. The van der Waals surface area contributed by atoms with Crippen LogP contribution in [-0.4, -0.2) is 19.6 Å². The molecule has 0 saturated carbocycles. The normalized spacial score (nSPS) is 17.2. The molecule has 0 radical (unpaired) electrons. The van der Waals surface area contributed by atoms with Crippen LogP contribution >= 0.6 is 0 Å². The summed E-state index contributed by atoms with van der Waals surface area (Å²) in [6.45, 7) is -13.2. The van der Waals surface area contributed by atoms with Crippen LogP contribution in [0.4, 0.5) is 0 Å². The first-order chi connectivity index (χ1) is 38.4. The van der Waals surface area contributed by atoms with E-state index in [1.807, 2.05) is 94.4 Å². The Morgan fingerprint density at radius 2 is 1.18 bits per heavy atom. The summed E-state index contributed by atoms with van der Waals surface area (Å²) < 4.78 is 153. The summed E-state index contributed by atoms with van der Waals surface area (Å²) in [5, 5.41) is 12.4. The molecule has 0 saturated heterocycles. The van der Waals surface area contributed by atoms with Crippen molar-refractivity contribution in [3.05, 3.63) is 192 Å². The van der Waals surface area contributed by atoms with Crippen molar-refractivity contribution in [2.45, 2.75) is 85.1 Å². The Bertz CT molecular complexity index is 3820. The number of hydrogen-bond donors (Lipinski definition) is 1. The standard InChI is InChI=1S/C61H58N3O.Pt/c1-39-32-51(57(65)52(33-39)61(8,9)10)58-63-56-49(22-17-23-55(56)64(58)54-29-28-48(60(5,6)7)38-50(54)42-20-15-12-16-21-42)45-34-44(40-18-13-11-14-19-40)35-46(36-45)53-37-43(30-31-62-53)41-24-26-47(27-25-41)59(2,3)4;/h11-35,37-38,65H,1-10H3;/q-1;/i2D3,3D3,4D3,5D3,6D3,7D3;. The fraction of sp³-hybridized carbons (Fsp3) is 0.213. The predicted molar refractivity (Wildman–Crippen MR) is 273 cm³/mol. The molecule has 0 aliphatic carbocycles. The number of phenolic OH excluding ortho intramolecular Hbond substituents is 1. The van der Waals surface area contributed by atoms with Crippen LogP contribution in [0.3, 0.4) is 0 Å². The first-order valence-corrected chi connectivity index (χ1v) is 21.2. The zero-order valence-corrected chi connectivity index (χ0v) is 39.0. The quantitative estimate of drug-likeness (QED) is 0.162. The summed E-state index contributed by atoms with van der Waals surface area (Å²) in [4.78, 5) is 10.2. The van der Waals surface area contributed by atoms with E-state index in [1.165, 1.54) is 42.5 Å². The Balaban J connectivity index is 0.00000920. The average Bonchev–Trinajstić information content (AvgIpc) is 0.809. The van der Waals surface area contributed by atoms with Gasteiger partial charge in [-0.1, -0.05) is 194 Å². The molecule has 9 aromatic rings. The van der Waals surface area contributed by atoms with Gasteiger partial charge in [0.2, 0.25) is 0 Å². The van der Waals surface area contributed by atoms with E-state index in [4.69, 9.17) is 34.6 Å². The first-order valence-electron chi connectivity index (χ1n) is 30.2. The number of para-hydroxylation sites is 1. The van der Waals surface area contributed by atoms with Crippen LogP contribution in [0.1, 0.15) is 109 Å². The van der Waals surface area contributed by atoms with Gasteiger partial charge in [-0.25, -0.2) is 4.98 Å². The molecule has 66 heavy (non-hydrogen) atoms. The van der Waals surface area contributed by atoms with Gasteiger partial charge in [0.05, 0.1) is 22.3 Å². The smallest absolute Gasteiger partial charge is 0.148 e. The van der Waals surface area contributed by atoms with Crippen LogP contribution in [0.15, 0.2) is 164 Å². The monoisotopic (exact) mass is 1060 g/mol. The maximum atomic E-state index is 12.4. The van der Waals surface area contributed by atoms with E-state index in [2.05, 4.69) is 6.07 Å². The van der Waals surface area contributed by atoms with Gasteiger partial charge in [0.1, 0.15) is 11.6 Å². The van der Waals surface area contributed by atoms with Crippen LogP contribution in [0.25, 0.3) is 83.9 Å². The summed E-state index contributed by atoms with van der Waals surface area (Å²) in [5.74, 6) is 0.184. The van der Waals surface area contributed by atoms with Crippen LogP contribution in [0.2, 0.25) is 0 Å². The molecule has 1 N–H and O–H groups in total. The van der Waals surface area contributed by atoms with E-state index in [9.17, 15) is 5.11 Å². The van der Waals surface area contributed by atoms with E-state index in [-0.39, 0.29) is 43.8 Å². The number of pyridine rings is 1. The van der Waals surface area contributed by atoms with Crippen molar-refractivity contribution in [2.75, 3.05) is 0 Å². The van der Waals surface area contributed by atoms with Crippen LogP contribution < -0.4 is 0 Å². The van der Waals surface area contributed by atoms with Crippen molar-refractivity contribution in [1.29, 1.82) is 0 Å². The Morgan fingerprint density at radius 1 is 0.545 bits per heavy atom. The Hall–Kier alpha value is -6.35. The first kappa shape index (κ1) is 28.6. The number of nitrogens with zero attached hydrogens (tertiary/aromatic N) is 3. The number of rotatable bonds is 7. The van der Waals surface area contributed by atoms with Crippen LogP contribution in [-0.2, 0) is 37.3 Å². The third-order valence-corrected chi connectivity index (χ3v) is 11.7. The number of phenols is 1. The Labute approximate surface area is 431 Å². The second-order valence-corrected chi connectivity index (χ2v) is 17.6. The molecule has 2 heterocycles. The summed E-state index contributed by atoms with van der Waals surface area (Å²) in [6.07, 6.45) is 1.57. The van der Waals surface area contributed by atoms with Crippen LogP contribution in [0.5, 0.6) is 5.75 Å². The van der Waals surface area contributed by atoms with Gasteiger partial charge in [-0.2, -0.15) is 0 Å². The van der Waals surface area contributed by atoms with Gasteiger partial charge in [-0.3, -0.25) is 9.55 Å².